The van der Waals surface area contributed by atoms with Gasteiger partial charge in [-0.05, 0) is 28.3 Å². The first-order chi connectivity index (χ1) is 16.0. The summed E-state index contributed by atoms with van der Waals surface area (Å²) in [6, 6.07) is 17.5. The zero-order valence-electron chi connectivity index (χ0n) is 17.5. The van der Waals surface area contributed by atoms with Crippen LogP contribution in [0.2, 0.25) is 0 Å². The highest BCUT2D eigenvalue weighted by Gasteiger charge is 2.28. The first kappa shape index (κ1) is 21.8. The number of nitrogens with one attached hydrogen (secondary N) is 2. The molecule has 1 heterocycles. The lowest BCUT2D eigenvalue weighted by molar-refractivity contribution is -0.111. The number of benzene rings is 2. The molecule has 3 N–H and O–H groups in total. The van der Waals surface area contributed by atoms with E-state index in [2.05, 4.69) is 27.8 Å². The van der Waals surface area contributed by atoms with Gasteiger partial charge in [0.05, 0.1) is 17.4 Å². The fourth-order valence-corrected chi connectivity index (χ4v) is 3.77. The number of ether oxygens (including phenoxy) is 1. The summed E-state index contributed by atoms with van der Waals surface area (Å²) < 4.78 is 5.43. The van der Waals surface area contributed by atoms with Crippen molar-refractivity contribution < 1.29 is 24.2 Å². The number of fused-ring (bicyclic) bond motifs is 3. The molecule has 1 aromatic heterocycles. The third-order valence-electron chi connectivity index (χ3n) is 5.23. The van der Waals surface area contributed by atoms with Crippen molar-refractivity contribution in [2.75, 3.05) is 18.5 Å². The van der Waals surface area contributed by atoms with Crippen LogP contribution in [-0.2, 0) is 9.53 Å². The number of carbonyl (C=O) groups is 3. The molecule has 3 aromatic rings. The molecule has 2 amide bonds. The zero-order valence-corrected chi connectivity index (χ0v) is 17.5. The van der Waals surface area contributed by atoms with Crippen molar-refractivity contribution in [1.82, 2.24) is 10.3 Å². The molecule has 166 valence electrons. The highest BCUT2D eigenvalue weighted by molar-refractivity contribution is 6.00. The number of anilines is 1. The maximum Gasteiger partial charge on any atom is 0.407 e. The maximum atomic E-state index is 12.1. The minimum Gasteiger partial charge on any atom is -0.478 e. The molecule has 0 fully saturated rings. The molecule has 1 aliphatic carbocycles. The summed E-state index contributed by atoms with van der Waals surface area (Å²) in [5.74, 6) is -1.64. The van der Waals surface area contributed by atoms with Gasteiger partial charge in [0.2, 0.25) is 5.91 Å². The molecule has 2 aromatic carbocycles. The Balaban J connectivity index is 1.26. The van der Waals surface area contributed by atoms with Crippen molar-refractivity contribution in [2.24, 2.45) is 0 Å². The summed E-state index contributed by atoms with van der Waals surface area (Å²) in [6.07, 6.45) is 4.64. The molecule has 4 rings (SSSR count). The number of carboxylic acids is 1. The third kappa shape index (κ3) is 5.07. The molecule has 0 spiro atoms. The topological polar surface area (TPSA) is 118 Å². The molecule has 1 aliphatic rings. The van der Waals surface area contributed by atoms with E-state index >= 15 is 0 Å². The third-order valence-corrected chi connectivity index (χ3v) is 5.23. The van der Waals surface area contributed by atoms with E-state index in [9.17, 15) is 14.4 Å². The molecule has 0 saturated carbocycles. The van der Waals surface area contributed by atoms with Gasteiger partial charge in [0.1, 0.15) is 6.61 Å². The number of aromatic carboxylic acids is 1. The Morgan fingerprint density at radius 2 is 1.67 bits per heavy atom. The van der Waals surface area contributed by atoms with Crippen molar-refractivity contribution in [3.05, 3.63) is 95.8 Å². The van der Waals surface area contributed by atoms with Gasteiger partial charge in [-0.25, -0.2) is 9.59 Å². The fraction of sp³-hybridized carbons (Fsp3) is 0.120. The van der Waals surface area contributed by atoms with E-state index in [0.29, 0.717) is 0 Å². The Hall–Kier alpha value is -4.46. The molecule has 33 heavy (non-hydrogen) atoms. The Morgan fingerprint density at radius 1 is 1.00 bits per heavy atom. The van der Waals surface area contributed by atoms with Crippen LogP contribution in [0.3, 0.4) is 0 Å². The largest absolute Gasteiger partial charge is 0.478 e. The standard InChI is InChI=1S/C25H21N3O5/c29-23(28-17-12-16(24(30)31)13-26-14-17)10-5-11-27-25(32)33-15-22-20-8-3-1-6-18(20)19-7-2-4-9-21(19)22/h1-10,12-14,22H,11,15H2,(H,27,32)(H,28,29)(H,30,31)/b10-5+. The SMILES string of the molecule is O=C(/C=C/CNC(=O)OCC1c2ccccc2-c2ccccc21)Nc1cncc(C(=O)O)c1. The van der Waals surface area contributed by atoms with E-state index < -0.39 is 18.0 Å². The number of nitrogens with zero attached hydrogens (tertiary/aromatic N) is 1. The average molecular weight is 443 g/mol. The maximum absolute atomic E-state index is 12.1. The zero-order chi connectivity index (χ0) is 23.2. The second kappa shape index (κ2) is 9.78. The van der Waals surface area contributed by atoms with Crippen LogP contribution in [0.15, 0.2) is 79.1 Å². The van der Waals surface area contributed by atoms with E-state index in [4.69, 9.17) is 9.84 Å². The minimum atomic E-state index is -1.14. The first-order valence-electron chi connectivity index (χ1n) is 10.3. The number of hydrogen-bond donors (Lipinski definition) is 3. The van der Waals surface area contributed by atoms with Gasteiger partial charge in [0, 0.05) is 24.7 Å². The molecule has 0 saturated heterocycles. The lowest BCUT2D eigenvalue weighted by Crippen LogP contribution is -2.26. The van der Waals surface area contributed by atoms with Crippen LogP contribution < -0.4 is 10.6 Å². The first-order valence-corrected chi connectivity index (χ1v) is 10.3. The molecule has 0 bridgehead atoms. The van der Waals surface area contributed by atoms with Crippen LogP contribution in [0.5, 0.6) is 0 Å². The fourth-order valence-electron chi connectivity index (χ4n) is 3.77. The Kier molecular flexibility index (Phi) is 6.45. The summed E-state index contributed by atoms with van der Waals surface area (Å²) in [4.78, 5) is 38.8. The smallest absolute Gasteiger partial charge is 0.407 e. The van der Waals surface area contributed by atoms with Gasteiger partial charge in [-0.15, -0.1) is 0 Å². The molecule has 0 aliphatic heterocycles. The van der Waals surface area contributed by atoms with Gasteiger partial charge in [-0.2, -0.15) is 0 Å². The van der Waals surface area contributed by atoms with Crippen molar-refractivity contribution in [1.29, 1.82) is 0 Å². The lowest BCUT2D eigenvalue weighted by Gasteiger charge is -2.14. The molecular weight excluding hydrogens is 422 g/mol. The van der Waals surface area contributed by atoms with Crippen molar-refractivity contribution in [2.45, 2.75) is 5.92 Å². The Morgan fingerprint density at radius 3 is 2.33 bits per heavy atom. The van der Waals surface area contributed by atoms with E-state index in [-0.39, 0.29) is 30.3 Å². The predicted octanol–water partition coefficient (Wildman–Crippen LogP) is 3.81. The molecule has 8 nitrogen and oxygen atoms in total. The highest BCUT2D eigenvalue weighted by atomic mass is 16.5. The summed E-state index contributed by atoms with van der Waals surface area (Å²) in [6.45, 7) is 0.300. The lowest BCUT2D eigenvalue weighted by atomic mass is 9.98. The summed E-state index contributed by atoms with van der Waals surface area (Å²) in [5, 5.41) is 14.1. The van der Waals surface area contributed by atoms with Crippen LogP contribution in [-0.4, -0.2) is 41.2 Å². The van der Waals surface area contributed by atoms with Gasteiger partial charge in [0.25, 0.3) is 0 Å². The molecule has 0 unspecified atom stereocenters. The molecule has 0 atom stereocenters. The van der Waals surface area contributed by atoms with Crippen LogP contribution in [0.1, 0.15) is 27.4 Å². The van der Waals surface area contributed by atoms with E-state index in [1.807, 2.05) is 36.4 Å². The number of carboxylic acid groups (broad SMARTS) is 1. The van der Waals surface area contributed by atoms with E-state index in [1.165, 1.54) is 30.6 Å². The van der Waals surface area contributed by atoms with Gasteiger partial charge in [-0.3, -0.25) is 9.78 Å². The van der Waals surface area contributed by atoms with Gasteiger partial charge in [0.15, 0.2) is 0 Å². The predicted molar refractivity (Wildman–Crippen MR) is 122 cm³/mol. The van der Waals surface area contributed by atoms with Crippen LogP contribution >= 0.6 is 0 Å². The number of hydrogen-bond acceptors (Lipinski definition) is 5. The summed E-state index contributed by atoms with van der Waals surface area (Å²) in [5.41, 5.74) is 4.79. The Bertz CT molecular complexity index is 1190. The number of rotatable bonds is 7. The summed E-state index contributed by atoms with van der Waals surface area (Å²) in [7, 11) is 0. The number of carbonyl (C=O) groups excluding carboxylic acids is 2. The van der Waals surface area contributed by atoms with Crippen molar-refractivity contribution >= 4 is 23.7 Å². The minimum absolute atomic E-state index is 0.0281. The van der Waals surface area contributed by atoms with Crippen molar-refractivity contribution in [3.63, 3.8) is 0 Å². The number of alkyl carbamates (subject to hydrolysis) is 1. The van der Waals surface area contributed by atoms with Crippen molar-refractivity contribution in [3.8, 4) is 11.1 Å². The van der Waals surface area contributed by atoms with Gasteiger partial charge in [-0.1, -0.05) is 54.6 Å². The van der Waals surface area contributed by atoms with Gasteiger partial charge >= 0.3 is 12.1 Å². The van der Waals surface area contributed by atoms with E-state index in [1.54, 1.807) is 0 Å². The molecular formula is C25H21N3O5. The average Bonchev–Trinajstić information content (AvgIpc) is 3.14. The monoisotopic (exact) mass is 443 g/mol. The second-order valence-corrected chi connectivity index (χ2v) is 7.37. The molecule has 0 radical (unpaired) electrons. The number of aromatic nitrogens is 1. The number of pyridine rings is 1. The van der Waals surface area contributed by atoms with Crippen LogP contribution in [0, 0.1) is 0 Å². The molecule has 8 heteroatoms. The van der Waals surface area contributed by atoms with Gasteiger partial charge < -0.3 is 20.5 Å². The number of amides is 2. The summed E-state index contributed by atoms with van der Waals surface area (Å²) >= 11 is 0. The van der Waals surface area contributed by atoms with E-state index in [0.717, 1.165) is 22.3 Å². The second-order valence-electron chi connectivity index (χ2n) is 7.37. The normalized spacial score (nSPS) is 12.1. The quantitative estimate of drug-likeness (QED) is 0.478. The Labute approximate surface area is 189 Å². The highest BCUT2D eigenvalue weighted by Crippen LogP contribution is 2.44. The van der Waals surface area contributed by atoms with Crippen LogP contribution in [0.25, 0.3) is 11.1 Å². The van der Waals surface area contributed by atoms with Crippen LogP contribution in [0.4, 0.5) is 10.5 Å².